The molecule has 0 radical (unpaired) electrons. The van der Waals surface area contributed by atoms with Crippen LogP contribution in [0, 0.1) is 0 Å². The number of benzene rings is 1. The van der Waals surface area contributed by atoms with Gasteiger partial charge in [0, 0.05) is 19.0 Å². The van der Waals surface area contributed by atoms with Gasteiger partial charge < -0.3 is 10.2 Å². The van der Waals surface area contributed by atoms with Crippen LogP contribution in [0.3, 0.4) is 0 Å². The van der Waals surface area contributed by atoms with Crippen molar-refractivity contribution < 1.29 is 4.79 Å². The Balaban J connectivity index is 1.75. The van der Waals surface area contributed by atoms with Gasteiger partial charge in [-0.2, -0.15) is 0 Å². The van der Waals surface area contributed by atoms with Crippen LogP contribution in [-0.4, -0.2) is 30.4 Å². The molecule has 0 saturated carbocycles. The summed E-state index contributed by atoms with van der Waals surface area (Å²) in [6.45, 7) is 1.76. The normalized spacial score (nSPS) is 20.6. The second kappa shape index (κ2) is 6.55. The molecule has 3 nitrogen and oxygen atoms in total. The van der Waals surface area contributed by atoms with Gasteiger partial charge >= 0.3 is 0 Å². The molecule has 0 aliphatic carbocycles. The quantitative estimate of drug-likeness (QED) is 0.883. The van der Waals surface area contributed by atoms with Gasteiger partial charge in [-0.1, -0.05) is 36.8 Å². The maximum absolute atomic E-state index is 11.9. The third kappa shape index (κ3) is 3.84. The standard InChI is InChI=1S/C15H22N2O/c1-17-10-6-5-9-14(17)11-15(18)16-12-13-7-3-2-4-8-13/h2-4,7-8,14H,5-6,9-12H2,1H3,(H,16,18). The van der Waals surface area contributed by atoms with Crippen molar-refractivity contribution in [3.8, 4) is 0 Å². The Hall–Kier alpha value is -1.35. The van der Waals surface area contributed by atoms with Gasteiger partial charge in [-0.25, -0.2) is 0 Å². The Morgan fingerprint density at radius 3 is 2.83 bits per heavy atom. The maximum atomic E-state index is 11.9. The molecule has 0 spiro atoms. The van der Waals surface area contributed by atoms with Crippen LogP contribution in [0.25, 0.3) is 0 Å². The summed E-state index contributed by atoms with van der Waals surface area (Å²) in [6, 6.07) is 10.5. The Morgan fingerprint density at radius 1 is 1.33 bits per heavy atom. The SMILES string of the molecule is CN1CCCCC1CC(=O)NCc1ccccc1. The minimum Gasteiger partial charge on any atom is -0.352 e. The van der Waals surface area contributed by atoms with Crippen molar-refractivity contribution in [2.75, 3.05) is 13.6 Å². The smallest absolute Gasteiger partial charge is 0.221 e. The monoisotopic (exact) mass is 246 g/mol. The van der Waals surface area contributed by atoms with Crippen molar-refractivity contribution >= 4 is 5.91 Å². The average Bonchev–Trinajstić information content (AvgIpc) is 2.40. The Labute approximate surface area is 109 Å². The number of nitrogens with one attached hydrogen (secondary N) is 1. The number of rotatable bonds is 4. The lowest BCUT2D eigenvalue weighted by atomic mass is 10.00. The Bertz CT molecular complexity index is 377. The van der Waals surface area contributed by atoms with Crippen LogP contribution < -0.4 is 5.32 Å². The lowest BCUT2D eigenvalue weighted by molar-refractivity contribution is -0.122. The van der Waals surface area contributed by atoms with E-state index in [4.69, 9.17) is 0 Å². The van der Waals surface area contributed by atoms with Crippen LogP contribution >= 0.6 is 0 Å². The van der Waals surface area contributed by atoms with Crippen LogP contribution in [0.2, 0.25) is 0 Å². The molecule has 1 heterocycles. The van der Waals surface area contributed by atoms with Gasteiger partial charge in [0.05, 0.1) is 0 Å². The number of nitrogens with zero attached hydrogens (tertiary/aromatic N) is 1. The topological polar surface area (TPSA) is 32.3 Å². The van der Waals surface area contributed by atoms with Gasteiger partial charge in [0.25, 0.3) is 0 Å². The van der Waals surface area contributed by atoms with Crippen LogP contribution in [0.4, 0.5) is 0 Å². The molecule has 1 atom stereocenters. The second-order valence-corrected chi connectivity index (χ2v) is 5.10. The van der Waals surface area contributed by atoms with Crippen molar-refractivity contribution in [3.63, 3.8) is 0 Å². The van der Waals surface area contributed by atoms with E-state index in [1.807, 2.05) is 30.3 Å². The molecule has 1 amide bonds. The molecule has 1 fully saturated rings. The maximum Gasteiger partial charge on any atom is 0.221 e. The first-order chi connectivity index (χ1) is 8.75. The molecule has 1 aliphatic rings. The largest absolute Gasteiger partial charge is 0.352 e. The zero-order valence-electron chi connectivity index (χ0n) is 11.1. The number of hydrogen-bond donors (Lipinski definition) is 1. The summed E-state index contributed by atoms with van der Waals surface area (Å²) in [5.41, 5.74) is 1.16. The molecule has 98 valence electrons. The lowest BCUT2D eigenvalue weighted by Gasteiger charge is -2.31. The highest BCUT2D eigenvalue weighted by Crippen LogP contribution is 2.17. The van der Waals surface area contributed by atoms with E-state index in [1.165, 1.54) is 12.8 Å². The van der Waals surface area contributed by atoms with Crippen LogP contribution in [0.1, 0.15) is 31.2 Å². The molecule has 0 aromatic heterocycles. The number of amides is 1. The van der Waals surface area contributed by atoms with E-state index >= 15 is 0 Å². The average molecular weight is 246 g/mol. The summed E-state index contributed by atoms with van der Waals surface area (Å²) in [7, 11) is 2.12. The second-order valence-electron chi connectivity index (χ2n) is 5.10. The summed E-state index contributed by atoms with van der Waals surface area (Å²) in [5.74, 6) is 0.164. The fourth-order valence-corrected chi connectivity index (χ4v) is 2.48. The molecule has 1 saturated heterocycles. The number of piperidine rings is 1. The highest BCUT2D eigenvalue weighted by molar-refractivity contribution is 5.76. The van der Waals surface area contributed by atoms with Crippen molar-refractivity contribution in [1.82, 2.24) is 10.2 Å². The summed E-state index contributed by atoms with van der Waals surface area (Å²) in [4.78, 5) is 14.2. The third-order valence-corrected chi connectivity index (χ3v) is 3.68. The van der Waals surface area contributed by atoms with E-state index in [1.54, 1.807) is 0 Å². The van der Waals surface area contributed by atoms with Gasteiger partial charge in [0.15, 0.2) is 0 Å². The predicted octanol–water partition coefficient (Wildman–Crippen LogP) is 2.18. The van der Waals surface area contributed by atoms with Crippen molar-refractivity contribution in [2.24, 2.45) is 0 Å². The minimum absolute atomic E-state index is 0.164. The number of likely N-dealkylation sites (tertiary alicyclic amines) is 1. The van der Waals surface area contributed by atoms with Crippen molar-refractivity contribution in [1.29, 1.82) is 0 Å². The van der Waals surface area contributed by atoms with Crippen LogP contribution in [0.5, 0.6) is 0 Å². The number of carbonyl (C=O) groups excluding carboxylic acids is 1. The molecule has 1 unspecified atom stereocenters. The minimum atomic E-state index is 0.164. The van der Waals surface area contributed by atoms with Crippen molar-refractivity contribution in [3.05, 3.63) is 35.9 Å². The molecule has 18 heavy (non-hydrogen) atoms. The molecule has 1 aromatic rings. The molecular formula is C15H22N2O. The molecular weight excluding hydrogens is 224 g/mol. The molecule has 1 aliphatic heterocycles. The first-order valence-electron chi connectivity index (χ1n) is 6.76. The van der Waals surface area contributed by atoms with Gasteiger partial charge in [-0.3, -0.25) is 4.79 Å². The zero-order valence-corrected chi connectivity index (χ0v) is 11.1. The highest BCUT2D eigenvalue weighted by Gasteiger charge is 2.21. The van der Waals surface area contributed by atoms with E-state index in [0.717, 1.165) is 18.5 Å². The molecule has 0 bridgehead atoms. The first kappa shape index (κ1) is 13.1. The number of hydrogen-bond acceptors (Lipinski definition) is 2. The van der Waals surface area contributed by atoms with Crippen LogP contribution in [-0.2, 0) is 11.3 Å². The van der Waals surface area contributed by atoms with Gasteiger partial charge in [-0.15, -0.1) is 0 Å². The summed E-state index contributed by atoms with van der Waals surface area (Å²) < 4.78 is 0. The van der Waals surface area contributed by atoms with Gasteiger partial charge in [0.2, 0.25) is 5.91 Å². The molecule has 3 heteroatoms. The first-order valence-corrected chi connectivity index (χ1v) is 6.76. The van der Waals surface area contributed by atoms with Gasteiger partial charge in [-0.05, 0) is 32.0 Å². The van der Waals surface area contributed by atoms with E-state index < -0.39 is 0 Å². The van der Waals surface area contributed by atoms with E-state index in [0.29, 0.717) is 19.0 Å². The van der Waals surface area contributed by atoms with E-state index in [-0.39, 0.29) is 5.91 Å². The number of carbonyl (C=O) groups is 1. The fraction of sp³-hybridized carbons (Fsp3) is 0.533. The Morgan fingerprint density at radius 2 is 2.11 bits per heavy atom. The third-order valence-electron chi connectivity index (χ3n) is 3.68. The van der Waals surface area contributed by atoms with Crippen molar-refractivity contribution in [2.45, 2.75) is 38.3 Å². The van der Waals surface area contributed by atoms with E-state index in [2.05, 4.69) is 17.3 Å². The zero-order chi connectivity index (χ0) is 12.8. The van der Waals surface area contributed by atoms with E-state index in [9.17, 15) is 4.79 Å². The molecule has 1 aromatic carbocycles. The summed E-state index contributed by atoms with van der Waals surface area (Å²) in [5, 5.41) is 3.00. The fourth-order valence-electron chi connectivity index (χ4n) is 2.48. The Kier molecular flexibility index (Phi) is 4.76. The van der Waals surface area contributed by atoms with Gasteiger partial charge in [0.1, 0.15) is 0 Å². The van der Waals surface area contributed by atoms with Crippen LogP contribution in [0.15, 0.2) is 30.3 Å². The summed E-state index contributed by atoms with van der Waals surface area (Å²) >= 11 is 0. The summed E-state index contributed by atoms with van der Waals surface area (Å²) in [6.07, 6.45) is 4.29. The highest BCUT2D eigenvalue weighted by atomic mass is 16.1. The molecule has 1 N–H and O–H groups in total. The molecule has 2 rings (SSSR count). The lowest BCUT2D eigenvalue weighted by Crippen LogP contribution is -2.40. The predicted molar refractivity (Wildman–Crippen MR) is 73.2 cm³/mol.